The molecule has 2 rings (SSSR count). The van der Waals surface area contributed by atoms with E-state index in [-0.39, 0.29) is 5.91 Å². The van der Waals surface area contributed by atoms with Gasteiger partial charge in [0, 0.05) is 16.8 Å². The van der Waals surface area contributed by atoms with Gasteiger partial charge in [0.1, 0.15) is 0 Å². The van der Waals surface area contributed by atoms with Crippen LogP contribution in [0.15, 0.2) is 47.7 Å². The SMILES string of the molecule is C#Cc1cccc(C(=O)NC2=CCC(C)=C2)c1. The second kappa shape index (κ2) is 4.71. The average molecular weight is 223 g/mol. The van der Waals surface area contributed by atoms with Crippen LogP contribution in [0.2, 0.25) is 0 Å². The first kappa shape index (κ1) is 11.2. The Morgan fingerprint density at radius 3 is 2.94 bits per heavy atom. The average Bonchev–Trinajstić information content (AvgIpc) is 2.75. The molecule has 0 radical (unpaired) electrons. The number of carbonyl (C=O) groups excluding carboxylic acids is 1. The minimum absolute atomic E-state index is 0.126. The topological polar surface area (TPSA) is 29.1 Å². The van der Waals surface area contributed by atoms with Crippen LogP contribution in [0.1, 0.15) is 29.3 Å². The number of allylic oxidation sites excluding steroid dienone is 3. The molecule has 84 valence electrons. The smallest absolute Gasteiger partial charge is 0.255 e. The Hall–Kier alpha value is -2.27. The lowest BCUT2D eigenvalue weighted by atomic mass is 10.1. The molecule has 1 N–H and O–H groups in total. The van der Waals surface area contributed by atoms with E-state index >= 15 is 0 Å². The lowest BCUT2D eigenvalue weighted by Crippen LogP contribution is -2.21. The Morgan fingerprint density at radius 1 is 1.47 bits per heavy atom. The van der Waals surface area contributed by atoms with Crippen LogP contribution in [-0.4, -0.2) is 5.91 Å². The van der Waals surface area contributed by atoms with Crippen molar-refractivity contribution in [2.75, 3.05) is 0 Å². The molecule has 1 aliphatic rings. The molecule has 0 saturated carbocycles. The second-order valence-corrected chi connectivity index (χ2v) is 4.03. The number of terminal acetylenes is 1. The van der Waals surface area contributed by atoms with Gasteiger partial charge in [-0.1, -0.05) is 23.6 Å². The number of carbonyl (C=O) groups is 1. The van der Waals surface area contributed by atoms with E-state index < -0.39 is 0 Å². The summed E-state index contributed by atoms with van der Waals surface area (Å²) in [5.74, 6) is 2.39. The van der Waals surface area contributed by atoms with E-state index in [1.807, 2.05) is 19.1 Å². The molecule has 0 fully saturated rings. The van der Waals surface area contributed by atoms with E-state index in [4.69, 9.17) is 6.42 Å². The normalized spacial score (nSPS) is 13.6. The van der Waals surface area contributed by atoms with Crippen molar-refractivity contribution in [1.29, 1.82) is 0 Å². The molecule has 0 heterocycles. The summed E-state index contributed by atoms with van der Waals surface area (Å²) < 4.78 is 0. The highest BCUT2D eigenvalue weighted by molar-refractivity contribution is 5.96. The number of amides is 1. The van der Waals surface area contributed by atoms with Crippen molar-refractivity contribution in [2.45, 2.75) is 13.3 Å². The van der Waals surface area contributed by atoms with E-state index in [0.29, 0.717) is 11.1 Å². The van der Waals surface area contributed by atoms with Gasteiger partial charge in [0.25, 0.3) is 5.91 Å². The first-order valence-electron chi connectivity index (χ1n) is 5.44. The molecule has 0 aromatic heterocycles. The molecule has 2 heteroatoms. The first-order chi connectivity index (χ1) is 8.19. The van der Waals surface area contributed by atoms with Gasteiger partial charge in [-0.15, -0.1) is 6.42 Å². The molecule has 1 aliphatic carbocycles. The Labute approximate surface area is 101 Å². The van der Waals surface area contributed by atoms with Gasteiger partial charge in [-0.2, -0.15) is 0 Å². The fourth-order valence-corrected chi connectivity index (χ4v) is 1.69. The number of rotatable bonds is 2. The van der Waals surface area contributed by atoms with Gasteiger partial charge in [-0.3, -0.25) is 4.79 Å². The largest absolute Gasteiger partial charge is 0.322 e. The van der Waals surface area contributed by atoms with Crippen molar-refractivity contribution in [3.8, 4) is 12.3 Å². The first-order valence-corrected chi connectivity index (χ1v) is 5.44. The van der Waals surface area contributed by atoms with Crippen molar-refractivity contribution in [1.82, 2.24) is 5.32 Å². The molecule has 0 aliphatic heterocycles. The number of hydrogen-bond acceptors (Lipinski definition) is 1. The van der Waals surface area contributed by atoms with E-state index in [0.717, 1.165) is 12.1 Å². The zero-order chi connectivity index (χ0) is 12.3. The maximum Gasteiger partial charge on any atom is 0.255 e. The predicted molar refractivity (Wildman–Crippen MR) is 68.3 cm³/mol. The third kappa shape index (κ3) is 2.64. The van der Waals surface area contributed by atoms with E-state index in [2.05, 4.69) is 11.2 Å². The molecule has 0 saturated heterocycles. The van der Waals surface area contributed by atoms with Crippen LogP contribution in [0.3, 0.4) is 0 Å². The molecule has 0 unspecified atom stereocenters. The van der Waals surface area contributed by atoms with Gasteiger partial charge in [0.2, 0.25) is 0 Å². The molecule has 0 atom stereocenters. The molecular weight excluding hydrogens is 210 g/mol. The van der Waals surface area contributed by atoms with E-state index in [1.54, 1.807) is 24.3 Å². The molecule has 1 aromatic carbocycles. The fourth-order valence-electron chi connectivity index (χ4n) is 1.69. The van der Waals surface area contributed by atoms with Gasteiger partial charge in [0.05, 0.1) is 0 Å². The highest BCUT2D eigenvalue weighted by Gasteiger charge is 2.09. The summed E-state index contributed by atoms with van der Waals surface area (Å²) >= 11 is 0. The van der Waals surface area contributed by atoms with Gasteiger partial charge >= 0.3 is 0 Å². The third-order valence-corrected chi connectivity index (χ3v) is 2.60. The number of hydrogen-bond donors (Lipinski definition) is 1. The number of benzene rings is 1. The highest BCUT2D eigenvalue weighted by atomic mass is 16.1. The third-order valence-electron chi connectivity index (χ3n) is 2.60. The summed E-state index contributed by atoms with van der Waals surface area (Å²) in [6.07, 6.45) is 10.2. The van der Waals surface area contributed by atoms with Crippen LogP contribution >= 0.6 is 0 Å². The van der Waals surface area contributed by atoms with Crippen LogP contribution < -0.4 is 5.32 Å². The Kier molecular flexibility index (Phi) is 3.11. The standard InChI is InChI=1S/C15H13NO/c1-3-12-5-4-6-13(10-12)15(17)16-14-8-7-11(2)9-14/h1,4-6,8-10H,7H2,2H3,(H,16,17). The zero-order valence-corrected chi connectivity index (χ0v) is 9.66. The van der Waals surface area contributed by atoms with Crippen molar-refractivity contribution in [3.63, 3.8) is 0 Å². The van der Waals surface area contributed by atoms with E-state index in [1.165, 1.54) is 5.57 Å². The summed E-state index contributed by atoms with van der Waals surface area (Å²) in [5.41, 5.74) is 3.40. The van der Waals surface area contributed by atoms with Crippen LogP contribution in [0.4, 0.5) is 0 Å². The molecule has 1 aromatic rings. The summed E-state index contributed by atoms with van der Waals surface area (Å²) in [5, 5.41) is 2.85. The van der Waals surface area contributed by atoms with Crippen molar-refractivity contribution in [2.24, 2.45) is 0 Å². The fraction of sp³-hybridized carbons (Fsp3) is 0.133. The van der Waals surface area contributed by atoms with E-state index in [9.17, 15) is 4.79 Å². The summed E-state index contributed by atoms with van der Waals surface area (Å²) in [6.45, 7) is 2.04. The van der Waals surface area contributed by atoms with Crippen LogP contribution in [0.5, 0.6) is 0 Å². The Morgan fingerprint density at radius 2 is 2.29 bits per heavy atom. The zero-order valence-electron chi connectivity index (χ0n) is 9.66. The molecule has 17 heavy (non-hydrogen) atoms. The molecule has 0 bridgehead atoms. The monoisotopic (exact) mass is 223 g/mol. The summed E-state index contributed by atoms with van der Waals surface area (Å²) in [4.78, 5) is 11.9. The molecule has 2 nitrogen and oxygen atoms in total. The molecular formula is C15H13NO. The van der Waals surface area contributed by atoms with Crippen LogP contribution in [-0.2, 0) is 0 Å². The second-order valence-electron chi connectivity index (χ2n) is 4.03. The quantitative estimate of drug-likeness (QED) is 0.767. The Balaban J connectivity index is 2.13. The van der Waals surface area contributed by atoms with Crippen molar-refractivity contribution >= 4 is 5.91 Å². The van der Waals surface area contributed by atoms with Crippen LogP contribution in [0, 0.1) is 12.3 Å². The minimum atomic E-state index is -0.126. The lowest BCUT2D eigenvalue weighted by molar-refractivity contribution is 0.0967. The summed E-state index contributed by atoms with van der Waals surface area (Å²) in [6, 6.07) is 7.05. The van der Waals surface area contributed by atoms with Gasteiger partial charge in [0.15, 0.2) is 0 Å². The molecule has 1 amide bonds. The van der Waals surface area contributed by atoms with Crippen LogP contribution in [0.25, 0.3) is 0 Å². The van der Waals surface area contributed by atoms with Gasteiger partial charge < -0.3 is 5.32 Å². The van der Waals surface area contributed by atoms with Gasteiger partial charge in [-0.25, -0.2) is 0 Å². The minimum Gasteiger partial charge on any atom is -0.322 e. The Bertz CT molecular complexity index is 559. The maximum absolute atomic E-state index is 11.9. The maximum atomic E-state index is 11.9. The van der Waals surface area contributed by atoms with Crippen molar-refractivity contribution in [3.05, 3.63) is 58.8 Å². The van der Waals surface area contributed by atoms with Gasteiger partial charge in [-0.05, 0) is 37.6 Å². The lowest BCUT2D eigenvalue weighted by Gasteiger charge is -2.04. The molecule has 0 spiro atoms. The highest BCUT2D eigenvalue weighted by Crippen LogP contribution is 2.15. The van der Waals surface area contributed by atoms with Crippen molar-refractivity contribution < 1.29 is 4.79 Å². The summed E-state index contributed by atoms with van der Waals surface area (Å²) in [7, 11) is 0. The number of nitrogens with one attached hydrogen (secondary N) is 1. The predicted octanol–water partition coefficient (Wildman–Crippen LogP) is 2.63.